The zero-order chi connectivity index (χ0) is 16.5. The van der Waals surface area contributed by atoms with Crippen molar-refractivity contribution in [2.75, 3.05) is 13.1 Å². The summed E-state index contributed by atoms with van der Waals surface area (Å²) in [5, 5.41) is 1.26. The fourth-order valence-corrected chi connectivity index (χ4v) is 3.97. The summed E-state index contributed by atoms with van der Waals surface area (Å²) in [4.78, 5) is 9.87. The summed E-state index contributed by atoms with van der Waals surface area (Å²) in [6.07, 6.45) is 2.42. The largest absolute Gasteiger partial charge is 0.342 e. The number of fused-ring (bicyclic) bond motifs is 1. The quantitative estimate of drug-likeness (QED) is 0.730. The summed E-state index contributed by atoms with van der Waals surface area (Å²) in [6, 6.07) is 14.2. The van der Waals surface area contributed by atoms with E-state index in [1.807, 2.05) is 24.3 Å². The minimum atomic E-state index is 0.490. The van der Waals surface area contributed by atoms with Crippen molar-refractivity contribution in [2.45, 2.75) is 25.3 Å². The molecule has 1 fully saturated rings. The van der Waals surface area contributed by atoms with Crippen LogP contribution in [0.4, 0.5) is 0 Å². The summed E-state index contributed by atoms with van der Waals surface area (Å²) >= 11 is 12.2. The third kappa shape index (κ3) is 3.30. The molecule has 5 heteroatoms. The van der Waals surface area contributed by atoms with E-state index in [-0.39, 0.29) is 0 Å². The van der Waals surface area contributed by atoms with Crippen molar-refractivity contribution >= 4 is 34.2 Å². The van der Waals surface area contributed by atoms with Crippen LogP contribution < -0.4 is 4.90 Å². The first-order chi connectivity index (χ1) is 11.7. The number of piperidine rings is 1. The number of aromatic nitrogens is 2. The average Bonchev–Trinajstić information content (AvgIpc) is 3.03. The number of rotatable bonds is 3. The van der Waals surface area contributed by atoms with Crippen LogP contribution in [0.2, 0.25) is 10.0 Å². The first kappa shape index (κ1) is 15.9. The number of para-hydroxylation sites is 2. The Hall–Kier alpha value is -1.55. The third-order valence-electron chi connectivity index (χ3n) is 4.85. The molecule has 24 heavy (non-hydrogen) atoms. The number of nitrogens with one attached hydrogen (secondary N) is 2. The molecule has 0 radical (unpaired) electrons. The van der Waals surface area contributed by atoms with Crippen LogP contribution in [-0.4, -0.2) is 23.1 Å². The second-order valence-electron chi connectivity index (χ2n) is 6.61. The van der Waals surface area contributed by atoms with Crippen LogP contribution >= 0.6 is 23.2 Å². The van der Waals surface area contributed by atoms with Crippen molar-refractivity contribution < 1.29 is 4.90 Å². The fraction of sp³-hybridized carbons (Fsp3) is 0.316. The molecule has 0 spiro atoms. The Labute approximate surface area is 151 Å². The second kappa shape index (κ2) is 6.75. The van der Waals surface area contributed by atoms with E-state index in [2.05, 4.69) is 23.2 Å². The van der Waals surface area contributed by atoms with Crippen LogP contribution in [0, 0.1) is 0 Å². The Bertz CT molecular complexity index is 826. The van der Waals surface area contributed by atoms with Crippen LogP contribution in [0.15, 0.2) is 42.5 Å². The van der Waals surface area contributed by atoms with Crippen molar-refractivity contribution in [3.63, 3.8) is 0 Å². The Kier molecular flexibility index (Phi) is 4.49. The minimum Gasteiger partial charge on any atom is -0.342 e. The van der Waals surface area contributed by atoms with E-state index in [4.69, 9.17) is 28.2 Å². The van der Waals surface area contributed by atoms with Gasteiger partial charge >= 0.3 is 0 Å². The van der Waals surface area contributed by atoms with Gasteiger partial charge in [0.25, 0.3) is 0 Å². The smallest absolute Gasteiger partial charge is 0.116 e. The van der Waals surface area contributed by atoms with Gasteiger partial charge in [0.1, 0.15) is 12.4 Å². The molecule has 2 atom stereocenters. The monoisotopic (exact) mass is 360 g/mol. The van der Waals surface area contributed by atoms with E-state index >= 15 is 0 Å². The van der Waals surface area contributed by atoms with E-state index in [1.165, 1.54) is 24.9 Å². The van der Waals surface area contributed by atoms with E-state index in [1.54, 1.807) is 4.90 Å². The van der Waals surface area contributed by atoms with Crippen molar-refractivity contribution in [3.8, 4) is 0 Å². The van der Waals surface area contributed by atoms with E-state index < -0.39 is 0 Å². The first-order valence-electron chi connectivity index (χ1n) is 8.41. The zero-order valence-corrected chi connectivity index (χ0v) is 14.9. The lowest BCUT2D eigenvalue weighted by molar-refractivity contribution is -0.920. The molecule has 2 aromatic carbocycles. The van der Waals surface area contributed by atoms with Crippen LogP contribution in [0.25, 0.3) is 11.0 Å². The summed E-state index contributed by atoms with van der Waals surface area (Å²) < 4.78 is 0. The SMILES string of the molecule is Clc1ccc(C[NH+]2CCC[C@@H](c3nc4ccccc4[nH]3)C2)cc1Cl. The maximum absolute atomic E-state index is 6.15. The summed E-state index contributed by atoms with van der Waals surface area (Å²) in [5.41, 5.74) is 3.43. The van der Waals surface area contributed by atoms with Gasteiger partial charge in [-0.25, -0.2) is 4.98 Å². The molecule has 3 nitrogen and oxygen atoms in total. The number of aromatic amines is 1. The molecule has 1 aromatic heterocycles. The Morgan fingerprint density at radius 2 is 2.00 bits per heavy atom. The zero-order valence-electron chi connectivity index (χ0n) is 13.4. The average molecular weight is 361 g/mol. The Morgan fingerprint density at radius 1 is 1.12 bits per heavy atom. The normalized spacial score (nSPS) is 21.2. The molecular weight excluding hydrogens is 341 g/mol. The number of benzene rings is 2. The van der Waals surface area contributed by atoms with E-state index in [0.29, 0.717) is 16.0 Å². The maximum atomic E-state index is 6.15. The van der Waals surface area contributed by atoms with Gasteiger partial charge in [-0.3, -0.25) is 0 Å². The van der Waals surface area contributed by atoms with Gasteiger partial charge < -0.3 is 9.88 Å². The summed E-state index contributed by atoms with van der Waals surface area (Å²) in [7, 11) is 0. The number of imidazole rings is 1. The second-order valence-corrected chi connectivity index (χ2v) is 7.42. The number of halogens is 2. The molecule has 1 aliphatic rings. The van der Waals surface area contributed by atoms with Gasteiger partial charge in [-0.2, -0.15) is 0 Å². The standard InChI is InChI=1S/C19H19Cl2N3/c20-15-8-7-13(10-16(15)21)11-24-9-3-4-14(12-24)19-22-17-5-1-2-6-18(17)23-19/h1-2,5-8,10,14H,3-4,9,11-12H2,(H,22,23)/p+1/t14-/m1/s1. The number of nitrogens with zero attached hydrogens (tertiary/aromatic N) is 1. The van der Waals surface area contributed by atoms with Crippen molar-refractivity contribution in [2.24, 2.45) is 0 Å². The predicted octanol–water partition coefficient (Wildman–Crippen LogP) is 3.83. The number of likely N-dealkylation sites (tertiary alicyclic amines) is 1. The topological polar surface area (TPSA) is 33.1 Å². The molecule has 4 rings (SSSR count). The van der Waals surface area contributed by atoms with Gasteiger partial charge in [0.05, 0.1) is 40.1 Å². The number of hydrogen-bond acceptors (Lipinski definition) is 1. The summed E-state index contributed by atoms with van der Waals surface area (Å²) in [5.74, 6) is 1.62. The van der Waals surface area contributed by atoms with Gasteiger partial charge in [0.2, 0.25) is 0 Å². The van der Waals surface area contributed by atoms with Gasteiger partial charge in [0.15, 0.2) is 0 Å². The number of H-pyrrole nitrogens is 1. The highest BCUT2D eigenvalue weighted by molar-refractivity contribution is 6.42. The van der Waals surface area contributed by atoms with E-state index in [0.717, 1.165) is 29.9 Å². The third-order valence-corrected chi connectivity index (χ3v) is 5.59. The van der Waals surface area contributed by atoms with Gasteiger partial charge in [0, 0.05) is 5.56 Å². The summed E-state index contributed by atoms with van der Waals surface area (Å²) in [6.45, 7) is 3.27. The first-order valence-corrected chi connectivity index (χ1v) is 9.17. The van der Waals surface area contributed by atoms with Crippen LogP contribution in [0.5, 0.6) is 0 Å². The molecule has 2 heterocycles. The lowest BCUT2D eigenvalue weighted by atomic mass is 9.97. The van der Waals surface area contributed by atoms with Crippen LogP contribution in [0.3, 0.4) is 0 Å². The van der Waals surface area contributed by atoms with Crippen LogP contribution in [-0.2, 0) is 6.54 Å². The number of quaternary nitrogens is 1. The minimum absolute atomic E-state index is 0.490. The van der Waals surface area contributed by atoms with Gasteiger partial charge in [-0.15, -0.1) is 0 Å². The lowest BCUT2D eigenvalue weighted by Crippen LogP contribution is -3.12. The maximum Gasteiger partial charge on any atom is 0.116 e. The Balaban J connectivity index is 1.49. The molecule has 2 N–H and O–H groups in total. The predicted molar refractivity (Wildman–Crippen MR) is 98.9 cm³/mol. The number of hydrogen-bond donors (Lipinski definition) is 2. The van der Waals surface area contributed by atoms with Crippen LogP contribution in [0.1, 0.15) is 30.1 Å². The fourth-order valence-electron chi connectivity index (χ4n) is 3.65. The van der Waals surface area contributed by atoms with Crippen molar-refractivity contribution in [1.29, 1.82) is 0 Å². The highest BCUT2D eigenvalue weighted by Crippen LogP contribution is 2.24. The highest BCUT2D eigenvalue weighted by Gasteiger charge is 2.26. The molecule has 0 aliphatic carbocycles. The molecular formula is C19H20Cl2N3+. The van der Waals surface area contributed by atoms with E-state index in [9.17, 15) is 0 Å². The molecule has 124 valence electrons. The molecule has 1 aliphatic heterocycles. The van der Waals surface area contributed by atoms with Crippen molar-refractivity contribution in [1.82, 2.24) is 9.97 Å². The molecule has 0 amide bonds. The van der Waals surface area contributed by atoms with Gasteiger partial charge in [-0.1, -0.05) is 41.4 Å². The Morgan fingerprint density at radius 3 is 2.83 bits per heavy atom. The highest BCUT2D eigenvalue weighted by atomic mass is 35.5. The lowest BCUT2D eigenvalue weighted by Gasteiger charge is -2.29. The molecule has 1 unspecified atom stereocenters. The van der Waals surface area contributed by atoms with Gasteiger partial charge in [-0.05, 0) is 37.1 Å². The molecule has 0 bridgehead atoms. The molecule has 0 saturated carbocycles. The van der Waals surface area contributed by atoms with Crippen molar-refractivity contribution in [3.05, 3.63) is 63.9 Å². The molecule has 3 aromatic rings. The molecule has 1 saturated heterocycles.